The monoisotopic (exact) mass is 408 g/mol. The maximum atomic E-state index is 12.8. The van der Waals surface area contributed by atoms with Gasteiger partial charge in [-0.1, -0.05) is 19.1 Å². The number of fused-ring (bicyclic) bond motifs is 2. The van der Waals surface area contributed by atoms with Gasteiger partial charge in [-0.15, -0.1) is 0 Å². The number of nitrogens with zero attached hydrogens (tertiary/aromatic N) is 2. The highest BCUT2D eigenvalue weighted by Gasteiger charge is 2.20. The maximum Gasteiger partial charge on any atom is 0.244 e. The summed E-state index contributed by atoms with van der Waals surface area (Å²) in [6, 6.07) is 12.6. The number of hydrogen-bond acceptors (Lipinski definition) is 5. The Morgan fingerprint density at radius 2 is 1.87 bits per heavy atom. The zero-order valence-electron chi connectivity index (χ0n) is 17.0. The number of anilines is 1. The van der Waals surface area contributed by atoms with Gasteiger partial charge >= 0.3 is 0 Å². The van der Waals surface area contributed by atoms with Crippen LogP contribution in [0.1, 0.15) is 32.1 Å². The van der Waals surface area contributed by atoms with Gasteiger partial charge in [-0.3, -0.25) is 9.59 Å². The van der Waals surface area contributed by atoms with Crippen molar-refractivity contribution < 1.29 is 19.1 Å². The molecule has 1 aromatic heterocycles. The van der Waals surface area contributed by atoms with Gasteiger partial charge in [0.05, 0.1) is 17.1 Å². The van der Waals surface area contributed by atoms with Gasteiger partial charge in [0.15, 0.2) is 11.5 Å². The molecule has 2 aromatic carbocycles. The molecule has 0 spiro atoms. The minimum atomic E-state index is -0.327. The number of para-hydroxylation sites is 2. The quantitative estimate of drug-likeness (QED) is 0.654. The second kappa shape index (κ2) is 8.44. The predicted octanol–water partition coefficient (Wildman–Crippen LogP) is 3.03. The van der Waals surface area contributed by atoms with Gasteiger partial charge < -0.3 is 24.7 Å². The van der Waals surface area contributed by atoms with Crippen LogP contribution in [0.25, 0.3) is 11.0 Å². The largest absolute Gasteiger partial charge is 0.486 e. The van der Waals surface area contributed by atoms with Crippen LogP contribution in [0.2, 0.25) is 0 Å². The molecule has 1 atom stereocenters. The molecule has 0 aliphatic carbocycles. The second-order valence-electron chi connectivity index (χ2n) is 7.09. The van der Waals surface area contributed by atoms with Crippen LogP contribution in [0.15, 0.2) is 42.5 Å². The molecule has 156 valence electrons. The van der Waals surface area contributed by atoms with E-state index in [0.29, 0.717) is 42.6 Å². The number of nitrogens with one attached hydrogen (secondary N) is 2. The average Bonchev–Trinajstić information content (AvgIpc) is 3.12. The highest BCUT2D eigenvalue weighted by Crippen LogP contribution is 2.32. The number of ether oxygens (including phenoxy) is 2. The zero-order chi connectivity index (χ0) is 21.1. The van der Waals surface area contributed by atoms with Crippen molar-refractivity contribution in [2.24, 2.45) is 0 Å². The number of carbonyl (C=O) groups is 2. The molecule has 30 heavy (non-hydrogen) atoms. The Balaban J connectivity index is 1.57. The first-order valence-corrected chi connectivity index (χ1v) is 9.99. The first-order valence-electron chi connectivity index (χ1n) is 9.99. The molecular weight excluding hydrogens is 384 g/mol. The van der Waals surface area contributed by atoms with Crippen LogP contribution in [0.4, 0.5) is 5.69 Å². The first kappa shape index (κ1) is 19.8. The van der Waals surface area contributed by atoms with E-state index in [4.69, 9.17) is 9.47 Å². The third kappa shape index (κ3) is 4.07. The smallest absolute Gasteiger partial charge is 0.244 e. The topological polar surface area (TPSA) is 94.5 Å². The van der Waals surface area contributed by atoms with Crippen molar-refractivity contribution in [1.82, 2.24) is 14.9 Å². The predicted molar refractivity (Wildman–Crippen MR) is 113 cm³/mol. The first-order chi connectivity index (χ1) is 14.5. The van der Waals surface area contributed by atoms with Crippen molar-refractivity contribution in [2.75, 3.05) is 18.5 Å². The van der Waals surface area contributed by atoms with Gasteiger partial charge in [0.2, 0.25) is 11.8 Å². The minimum absolute atomic E-state index is 0.0661. The summed E-state index contributed by atoms with van der Waals surface area (Å²) in [4.78, 5) is 29.3. The van der Waals surface area contributed by atoms with Crippen molar-refractivity contribution in [1.29, 1.82) is 0 Å². The van der Waals surface area contributed by atoms with E-state index in [2.05, 4.69) is 15.6 Å². The van der Waals surface area contributed by atoms with E-state index in [1.165, 1.54) is 0 Å². The van der Waals surface area contributed by atoms with Gasteiger partial charge in [-0.05, 0) is 31.2 Å². The van der Waals surface area contributed by atoms with Crippen molar-refractivity contribution >= 4 is 28.5 Å². The van der Waals surface area contributed by atoms with Crippen molar-refractivity contribution in [3.63, 3.8) is 0 Å². The van der Waals surface area contributed by atoms with Crippen LogP contribution in [0.5, 0.6) is 11.5 Å². The Bertz CT molecular complexity index is 1090. The van der Waals surface area contributed by atoms with Crippen LogP contribution in [0, 0.1) is 0 Å². The lowest BCUT2D eigenvalue weighted by Gasteiger charge is -2.19. The molecule has 8 heteroatoms. The number of aromatic nitrogens is 2. The lowest BCUT2D eigenvalue weighted by Crippen LogP contribution is -2.29. The van der Waals surface area contributed by atoms with E-state index < -0.39 is 0 Å². The molecule has 3 aromatic rings. The van der Waals surface area contributed by atoms with Crippen molar-refractivity contribution in [3.8, 4) is 11.5 Å². The molecule has 0 saturated heterocycles. The van der Waals surface area contributed by atoms with Crippen LogP contribution in [0.3, 0.4) is 0 Å². The second-order valence-corrected chi connectivity index (χ2v) is 7.09. The minimum Gasteiger partial charge on any atom is -0.486 e. The molecule has 4 rings (SSSR count). The Labute approximate surface area is 174 Å². The van der Waals surface area contributed by atoms with Gasteiger partial charge in [-0.25, -0.2) is 4.98 Å². The Morgan fingerprint density at radius 1 is 1.10 bits per heavy atom. The van der Waals surface area contributed by atoms with Crippen molar-refractivity contribution in [3.05, 3.63) is 48.3 Å². The molecule has 0 fully saturated rings. The molecule has 0 bridgehead atoms. The SMILES string of the molecule is CCC(=O)NC(C)c1nc2ccccc2n1CC(=O)Nc1ccc2c(c1)OCCO2. The van der Waals surface area contributed by atoms with Crippen molar-refractivity contribution in [2.45, 2.75) is 32.9 Å². The lowest BCUT2D eigenvalue weighted by molar-refractivity contribution is -0.121. The van der Waals surface area contributed by atoms with Crippen LogP contribution in [-0.4, -0.2) is 34.6 Å². The van der Waals surface area contributed by atoms with E-state index in [1.807, 2.05) is 35.8 Å². The number of benzene rings is 2. The molecule has 0 saturated carbocycles. The number of hydrogen-bond donors (Lipinski definition) is 2. The molecule has 1 aliphatic heterocycles. The summed E-state index contributed by atoms with van der Waals surface area (Å²) < 4.78 is 12.9. The van der Waals surface area contributed by atoms with E-state index >= 15 is 0 Å². The average molecular weight is 408 g/mol. The third-order valence-corrected chi connectivity index (χ3v) is 4.90. The van der Waals surface area contributed by atoms with E-state index in [-0.39, 0.29) is 24.4 Å². The third-order valence-electron chi connectivity index (χ3n) is 4.90. The van der Waals surface area contributed by atoms with Gasteiger partial charge in [0.25, 0.3) is 0 Å². The molecule has 2 amide bonds. The number of amides is 2. The molecule has 2 N–H and O–H groups in total. The molecule has 2 heterocycles. The van der Waals surface area contributed by atoms with Crippen LogP contribution < -0.4 is 20.1 Å². The van der Waals surface area contributed by atoms with Crippen LogP contribution >= 0.6 is 0 Å². The summed E-state index contributed by atoms with van der Waals surface area (Å²) in [6.07, 6.45) is 0.384. The molecule has 1 unspecified atom stereocenters. The summed E-state index contributed by atoms with van der Waals surface area (Å²) in [5, 5.41) is 5.82. The highest BCUT2D eigenvalue weighted by molar-refractivity contribution is 5.92. The highest BCUT2D eigenvalue weighted by atomic mass is 16.6. The van der Waals surface area contributed by atoms with Gasteiger partial charge in [0, 0.05) is 18.2 Å². The summed E-state index contributed by atoms with van der Waals surface area (Å²) in [5.74, 6) is 1.65. The summed E-state index contributed by atoms with van der Waals surface area (Å²) >= 11 is 0. The summed E-state index contributed by atoms with van der Waals surface area (Å²) in [7, 11) is 0. The van der Waals surface area contributed by atoms with Gasteiger partial charge in [-0.2, -0.15) is 0 Å². The van der Waals surface area contributed by atoms with E-state index in [0.717, 1.165) is 11.0 Å². The normalized spacial score (nSPS) is 13.7. The lowest BCUT2D eigenvalue weighted by atomic mass is 10.2. The Morgan fingerprint density at radius 3 is 2.67 bits per heavy atom. The number of carbonyl (C=O) groups excluding carboxylic acids is 2. The summed E-state index contributed by atoms with van der Waals surface area (Å²) in [6.45, 7) is 4.73. The summed E-state index contributed by atoms with van der Waals surface area (Å²) in [5.41, 5.74) is 2.24. The molecular formula is C22H24N4O4. The number of rotatable bonds is 6. The maximum absolute atomic E-state index is 12.8. The fourth-order valence-corrected chi connectivity index (χ4v) is 3.46. The Kier molecular flexibility index (Phi) is 5.56. The van der Waals surface area contributed by atoms with E-state index in [9.17, 15) is 9.59 Å². The number of imidazole rings is 1. The fraction of sp³-hybridized carbons (Fsp3) is 0.318. The molecule has 1 aliphatic rings. The standard InChI is InChI=1S/C22H24N4O4/c1-3-20(27)23-14(2)22-25-16-6-4-5-7-17(16)26(22)13-21(28)24-15-8-9-18-19(12-15)30-11-10-29-18/h4-9,12,14H,3,10-11,13H2,1-2H3,(H,23,27)(H,24,28). The van der Waals surface area contributed by atoms with Gasteiger partial charge in [0.1, 0.15) is 25.6 Å². The van der Waals surface area contributed by atoms with E-state index in [1.54, 1.807) is 25.1 Å². The van der Waals surface area contributed by atoms with Crippen LogP contribution in [-0.2, 0) is 16.1 Å². The fourth-order valence-electron chi connectivity index (χ4n) is 3.46. The Hall–Kier alpha value is -3.55. The zero-order valence-corrected chi connectivity index (χ0v) is 17.0. The molecule has 0 radical (unpaired) electrons. The molecule has 8 nitrogen and oxygen atoms in total.